The van der Waals surface area contributed by atoms with Gasteiger partial charge in [-0.3, -0.25) is 4.79 Å². The van der Waals surface area contributed by atoms with Gasteiger partial charge in [0, 0.05) is 28.9 Å². The van der Waals surface area contributed by atoms with Crippen LogP contribution in [0.25, 0.3) is 10.8 Å². The molecule has 3 aromatic rings. The molecule has 1 aliphatic carbocycles. The van der Waals surface area contributed by atoms with Gasteiger partial charge in [0.05, 0.1) is 11.5 Å². The van der Waals surface area contributed by atoms with Crippen molar-refractivity contribution in [2.24, 2.45) is 11.8 Å². The molecule has 2 aliphatic heterocycles. The average molecular weight is 497 g/mol. The number of aliphatic hydroxyl groups is 1. The number of carbonyl (C=O) groups excluding carboxylic acids is 2. The molecule has 0 amide bonds. The lowest BCUT2D eigenvalue weighted by Crippen LogP contribution is -2.49. The van der Waals surface area contributed by atoms with E-state index in [2.05, 4.69) is 0 Å². The van der Waals surface area contributed by atoms with E-state index in [9.17, 15) is 19.8 Å². The van der Waals surface area contributed by atoms with E-state index in [1.807, 2.05) is 63.2 Å². The van der Waals surface area contributed by atoms with Crippen molar-refractivity contribution in [2.45, 2.75) is 45.3 Å². The van der Waals surface area contributed by atoms with Crippen molar-refractivity contribution in [3.8, 4) is 11.5 Å². The third kappa shape index (κ3) is 3.39. The van der Waals surface area contributed by atoms with Crippen LogP contribution >= 0.6 is 0 Å². The molecule has 0 aromatic heterocycles. The van der Waals surface area contributed by atoms with E-state index in [1.54, 1.807) is 18.2 Å². The van der Waals surface area contributed by atoms with Crippen molar-refractivity contribution in [3.05, 3.63) is 94.3 Å². The second kappa shape index (κ2) is 8.23. The molecule has 3 unspecified atom stereocenters. The molecule has 6 heteroatoms. The highest BCUT2D eigenvalue weighted by atomic mass is 16.6. The number of carbonyl (C=O) groups is 2. The van der Waals surface area contributed by atoms with Gasteiger partial charge in [-0.25, -0.2) is 4.79 Å². The molecule has 1 spiro atoms. The zero-order chi connectivity index (χ0) is 26.1. The summed E-state index contributed by atoms with van der Waals surface area (Å²) in [6, 6.07) is 14.7. The van der Waals surface area contributed by atoms with Gasteiger partial charge in [-0.05, 0) is 54.1 Å². The van der Waals surface area contributed by atoms with Crippen LogP contribution in [-0.4, -0.2) is 28.1 Å². The van der Waals surface area contributed by atoms with E-state index in [-0.39, 0.29) is 23.2 Å². The molecule has 3 atom stereocenters. The number of hydrogen-bond acceptors (Lipinski definition) is 6. The number of aliphatic hydroxyl groups excluding tert-OH is 1. The molecule has 188 valence electrons. The molecule has 3 aliphatic rings. The maximum Gasteiger partial charge on any atom is 0.339 e. The summed E-state index contributed by atoms with van der Waals surface area (Å²) in [7, 11) is 0. The van der Waals surface area contributed by atoms with Gasteiger partial charge in [0.25, 0.3) is 0 Å². The summed E-state index contributed by atoms with van der Waals surface area (Å²) in [5.41, 5.74) is 2.13. The molecule has 6 nitrogen and oxygen atoms in total. The zero-order valence-electron chi connectivity index (χ0n) is 20.9. The Morgan fingerprint density at radius 3 is 2.62 bits per heavy atom. The Bertz CT molecular complexity index is 1540. The largest absolute Gasteiger partial charge is 0.508 e. The van der Waals surface area contributed by atoms with Gasteiger partial charge < -0.3 is 19.7 Å². The van der Waals surface area contributed by atoms with Gasteiger partial charge in [0.15, 0.2) is 5.60 Å². The molecule has 0 saturated carbocycles. The lowest BCUT2D eigenvalue weighted by molar-refractivity contribution is -0.121. The van der Waals surface area contributed by atoms with E-state index < -0.39 is 23.6 Å². The van der Waals surface area contributed by atoms with Crippen molar-refractivity contribution in [3.63, 3.8) is 0 Å². The number of aromatic hydroxyl groups is 1. The van der Waals surface area contributed by atoms with Crippen molar-refractivity contribution >= 4 is 22.5 Å². The summed E-state index contributed by atoms with van der Waals surface area (Å²) < 4.78 is 12.9. The number of Topliss-reactive ketones (excluding diaryl/α,β-unsaturated/α-hetero) is 1. The van der Waals surface area contributed by atoms with Crippen molar-refractivity contribution in [1.82, 2.24) is 0 Å². The first kappa shape index (κ1) is 23.3. The Kier molecular flexibility index (Phi) is 5.19. The molecule has 2 heterocycles. The summed E-state index contributed by atoms with van der Waals surface area (Å²) in [6.07, 6.45) is 3.66. The van der Waals surface area contributed by atoms with E-state index in [1.165, 1.54) is 0 Å². The number of esters is 1. The smallest absolute Gasteiger partial charge is 0.339 e. The van der Waals surface area contributed by atoms with Crippen molar-refractivity contribution in [2.75, 3.05) is 0 Å². The number of ketones is 1. The molecule has 6 rings (SSSR count). The summed E-state index contributed by atoms with van der Waals surface area (Å²) in [5.74, 6) is -0.00891. The second-order valence-corrected chi connectivity index (χ2v) is 10.4. The molecule has 0 bridgehead atoms. The SMILES string of the molecule is Cc1cc2c3c(ccc2cc1O)C1(OC(=O)c2ccccc21)C1C=C(CCC(=O)C(C)C)C(O)=CC1O3. The van der Waals surface area contributed by atoms with Crippen LogP contribution < -0.4 is 4.74 Å². The number of rotatable bonds is 4. The Morgan fingerprint density at radius 1 is 1.05 bits per heavy atom. The van der Waals surface area contributed by atoms with Crippen LogP contribution in [0.1, 0.15) is 53.7 Å². The quantitative estimate of drug-likeness (QED) is 0.428. The number of phenols is 1. The first-order chi connectivity index (χ1) is 17.7. The number of fused-ring (bicyclic) bond motifs is 8. The van der Waals surface area contributed by atoms with Gasteiger partial charge in [0.1, 0.15) is 29.1 Å². The lowest BCUT2D eigenvalue weighted by atomic mass is 9.68. The van der Waals surface area contributed by atoms with Gasteiger partial charge in [-0.1, -0.05) is 50.3 Å². The van der Waals surface area contributed by atoms with E-state index in [4.69, 9.17) is 9.47 Å². The van der Waals surface area contributed by atoms with Gasteiger partial charge in [-0.2, -0.15) is 0 Å². The standard InChI is InChI=1S/C31H28O6/c1-16(2)25(32)11-9-19-13-24-28(15-27(19)34)36-29-21-12-17(3)26(33)14-18(21)8-10-23(29)31(24)22-7-5-4-6-20(22)30(35)37-31/h4-8,10,12-16,24,28,33-34H,9,11H2,1-3H3. The van der Waals surface area contributed by atoms with E-state index in [0.29, 0.717) is 40.9 Å². The maximum absolute atomic E-state index is 13.2. The highest BCUT2D eigenvalue weighted by Gasteiger charge is 2.59. The van der Waals surface area contributed by atoms with Crippen LogP contribution in [0.15, 0.2) is 72.0 Å². The summed E-state index contributed by atoms with van der Waals surface area (Å²) in [5, 5.41) is 22.8. The topological polar surface area (TPSA) is 93.1 Å². The molecule has 37 heavy (non-hydrogen) atoms. The summed E-state index contributed by atoms with van der Waals surface area (Å²) in [6.45, 7) is 5.55. The van der Waals surface area contributed by atoms with Crippen molar-refractivity contribution < 1.29 is 29.3 Å². The van der Waals surface area contributed by atoms with Crippen LogP contribution in [-0.2, 0) is 15.1 Å². The monoisotopic (exact) mass is 496 g/mol. The summed E-state index contributed by atoms with van der Waals surface area (Å²) >= 11 is 0. The van der Waals surface area contributed by atoms with E-state index >= 15 is 0 Å². The third-order valence-electron chi connectivity index (χ3n) is 7.88. The van der Waals surface area contributed by atoms with Crippen LogP contribution in [0, 0.1) is 18.8 Å². The third-order valence-corrected chi connectivity index (χ3v) is 7.88. The highest BCUT2D eigenvalue weighted by molar-refractivity contribution is 5.98. The first-order valence-electron chi connectivity index (χ1n) is 12.6. The minimum Gasteiger partial charge on any atom is -0.508 e. The predicted molar refractivity (Wildman–Crippen MR) is 139 cm³/mol. The fourth-order valence-corrected chi connectivity index (χ4v) is 5.84. The summed E-state index contributed by atoms with van der Waals surface area (Å²) in [4.78, 5) is 25.5. The highest BCUT2D eigenvalue weighted by Crippen LogP contribution is 2.57. The minimum atomic E-state index is -1.17. The molecular weight excluding hydrogens is 468 g/mol. The molecule has 0 fully saturated rings. The molecule has 0 saturated heterocycles. The minimum absolute atomic E-state index is 0.0723. The Morgan fingerprint density at radius 2 is 1.84 bits per heavy atom. The van der Waals surface area contributed by atoms with Crippen LogP contribution in [0.5, 0.6) is 11.5 Å². The Hall–Kier alpha value is -4.06. The maximum atomic E-state index is 13.2. The normalized spacial score (nSPS) is 23.6. The van der Waals surface area contributed by atoms with Crippen LogP contribution in [0.4, 0.5) is 0 Å². The lowest BCUT2D eigenvalue weighted by Gasteiger charge is -2.45. The fraction of sp³-hybridized carbons (Fsp3) is 0.290. The Balaban J connectivity index is 1.58. The number of aryl methyl sites for hydroxylation is 1. The van der Waals surface area contributed by atoms with E-state index in [0.717, 1.165) is 16.3 Å². The van der Waals surface area contributed by atoms with Crippen LogP contribution in [0.2, 0.25) is 0 Å². The van der Waals surface area contributed by atoms with Crippen LogP contribution in [0.3, 0.4) is 0 Å². The predicted octanol–water partition coefficient (Wildman–Crippen LogP) is 6.03. The number of hydrogen-bond donors (Lipinski definition) is 2. The number of ether oxygens (including phenoxy) is 2. The zero-order valence-corrected chi connectivity index (χ0v) is 20.9. The first-order valence-corrected chi connectivity index (χ1v) is 12.6. The average Bonchev–Trinajstić information content (AvgIpc) is 3.16. The number of allylic oxidation sites excluding steroid dienone is 1. The van der Waals surface area contributed by atoms with Gasteiger partial charge >= 0.3 is 5.97 Å². The molecule has 0 radical (unpaired) electrons. The molecule has 3 aromatic carbocycles. The van der Waals surface area contributed by atoms with Gasteiger partial charge in [-0.15, -0.1) is 0 Å². The number of phenolic OH excluding ortho intramolecular Hbond substituents is 1. The Labute approximate surface area is 214 Å². The van der Waals surface area contributed by atoms with Crippen molar-refractivity contribution in [1.29, 1.82) is 0 Å². The fourth-order valence-electron chi connectivity index (χ4n) is 5.84. The number of benzene rings is 3. The second-order valence-electron chi connectivity index (χ2n) is 10.4. The van der Waals surface area contributed by atoms with Gasteiger partial charge in [0.2, 0.25) is 0 Å². The molecule has 2 N–H and O–H groups in total. The molecular formula is C31H28O6.